The number of aromatic nitrogens is 1. The zero-order chi connectivity index (χ0) is 10.7. The lowest BCUT2D eigenvalue weighted by Crippen LogP contribution is -2.04. The molecule has 0 fully saturated rings. The van der Waals surface area contributed by atoms with Crippen molar-refractivity contribution in [1.82, 2.24) is 4.57 Å². The number of aromatic carboxylic acids is 1. The van der Waals surface area contributed by atoms with Gasteiger partial charge in [0.1, 0.15) is 0 Å². The van der Waals surface area contributed by atoms with Gasteiger partial charge in [-0.1, -0.05) is 13.3 Å². The average molecular weight is 195 g/mol. The molecule has 1 rings (SSSR count). The molecule has 0 aromatic carbocycles. The number of rotatable bonds is 4. The van der Waals surface area contributed by atoms with Crippen molar-refractivity contribution in [3.05, 3.63) is 23.0 Å². The highest BCUT2D eigenvalue weighted by Crippen LogP contribution is 2.15. The molecule has 3 nitrogen and oxygen atoms in total. The van der Waals surface area contributed by atoms with Crippen LogP contribution in [0.15, 0.2) is 6.07 Å². The first-order valence-electron chi connectivity index (χ1n) is 4.98. The number of hydrogen-bond donors (Lipinski definition) is 1. The van der Waals surface area contributed by atoms with Gasteiger partial charge in [-0.25, -0.2) is 4.79 Å². The average Bonchev–Trinajstić information content (AvgIpc) is 2.40. The maximum absolute atomic E-state index is 10.8. The number of aryl methyl sites for hydroxylation is 1. The van der Waals surface area contributed by atoms with Crippen LogP contribution < -0.4 is 0 Å². The fraction of sp³-hybridized carbons (Fsp3) is 0.545. The Kier molecular flexibility index (Phi) is 3.33. The smallest absolute Gasteiger partial charge is 0.337 e. The second kappa shape index (κ2) is 4.31. The Bertz CT molecular complexity index is 339. The van der Waals surface area contributed by atoms with Gasteiger partial charge in [-0.3, -0.25) is 0 Å². The van der Waals surface area contributed by atoms with Crippen molar-refractivity contribution in [2.45, 2.75) is 40.2 Å². The van der Waals surface area contributed by atoms with E-state index in [1.54, 1.807) is 6.07 Å². The molecule has 0 saturated carbocycles. The van der Waals surface area contributed by atoms with Gasteiger partial charge in [-0.15, -0.1) is 0 Å². The van der Waals surface area contributed by atoms with Crippen molar-refractivity contribution in [2.75, 3.05) is 0 Å². The van der Waals surface area contributed by atoms with Crippen LogP contribution in [0.2, 0.25) is 0 Å². The zero-order valence-electron chi connectivity index (χ0n) is 9.00. The summed E-state index contributed by atoms with van der Waals surface area (Å²) in [7, 11) is 0. The maximum Gasteiger partial charge on any atom is 0.337 e. The SMILES string of the molecule is CCCCn1c(C)cc(C(=O)O)c1C. The van der Waals surface area contributed by atoms with Gasteiger partial charge in [0, 0.05) is 17.9 Å². The van der Waals surface area contributed by atoms with Gasteiger partial charge in [0.2, 0.25) is 0 Å². The number of hydrogen-bond acceptors (Lipinski definition) is 1. The Balaban J connectivity index is 2.99. The van der Waals surface area contributed by atoms with Gasteiger partial charge < -0.3 is 9.67 Å². The van der Waals surface area contributed by atoms with Gasteiger partial charge >= 0.3 is 5.97 Å². The first kappa shape index (κ1) is 10.8. The molecular weight excluding hydrogens is 178 g/mol. The number of carbonyl (C=O) groups is 1. The molecule has 0 amide bonds. The van der Waals surface area contributed by atoms with E-state index in [0.717, 1.165) is 30.8 Å². The lowest BCUT2D eigenvalue weighted by molar-refractivity contribution is 0.0696. The summed E-state index contributed by atoms with van der Waals surface area (Å²) >= 11 is 0. The summed E-state index contributed by atoms with van der Waals surface area (Å²) in [6.07, 6.45) is 2.22. The van der Waals surface area contributed by atoms with Crippen molar-refractivity contribution in [3.63, 3.8) is 0 Å². The second-order valence-electron chi connectivity index (χ2n) is 3.60. The van der Waals surface area contributed by atoms with Crippen molar-refractivity contribution in [3.8, 4) is 0 Å². The zero-order valence-corrected chi connectivity index (χ0v) is 9.00. The summed E-state index contributed by atoms with van der Waals surface area (Å²) in [5.41, 5.74) is 2.33. The topological polar surface area (TPSA) is 42.2 Å². The third kappa shape index (κ3) is 1.97. The molecule has 14 heavy (non-hydrogen) atoms. The van der Waals surface area contributed by atoms with E-state index < -0.39 is 5.97 Å². The Morgan fingerprint density at radius 3 is 2.57 bits per heavy atom. The molecule has 0 spiro atoms. The molecule has 1 aromatic heterocycles. The largest absolute Gasteiger partial charge is 0.478 e. The number of nitrogens with zero attached hydrogens (tertiary/aromatic N) is 1. The minimum Gasteiger partial charge on any atom is -0.478 e. The van der Waals surface area contributed by atoms with Gasteiger partial charge in [0.25, 0.3) is 0 Å². The molecule has 0 unspecified atom stereocenters. The Hall–Kier alpha value is -1.25. The van der Waals surface area contributed by atoms with Crippen molar-refractivity contribution in [2.24, 2.45) is 0 Å². The van der Waals surface area contributed by atoms with Crippen LogP contribution in [0.25, 0.3) is 0 Å². The minimum atomic E-state index is -0.833. The fourth-order valence-corrected chi connectivity index (χ4v) is 1.68. The van der Waals surface area contributed by atoms with E-state index in [2.05, 4.69) is 11.5 Å². The predicted octanol–water partition coefficient (Wildman–Crippen LogP) is 2.60. The van der Waals surface area contributed by atoms with E-state index in [0.29, 0.717) is 5.56 Å². The molecule has 0 aliphatic rings. The lowest BCUT2D eigenvalue weighted by atomic mass is 10.2. The van der Waals surface area contributed by atoms with Crippen LogP contribution in [-0.2, 0) is 6.54 Å². The summed E-state index contributed by atoms with van der Waals surface area (Å²) < 4.78 is 2.08. The van der Waals surface area contributed by atoms with Gasteiger partial charge in [-0.2, -0.15) is 0 Å². The van der Waals surface area contributed by atoms with E-state index in [-0.39, 0.29) is 0 Å². The van der Waals surface area contributed by atoms with E-state index in [1.807, 2.05) is 13.8 Å². The summed E-state index contributed by atoms with van der Waals surface area (Å²) in [6, 6.07) is 1.74. The van der Waals surface area contributed by atoms with Crippen LogP contribution in [0.5, 0.6) is 0 Å². The van der Waals surface area contributed by atoms with Crippen LogP contribution in [0.4, 0.5) is 0 Å². The first-order chi connectivity index (χ1) is 6.57. The number of carboxylic acid groups (broad SMARTS) is 1. The fourth-order valence-electron chi connectivity index (χ4n) is 1.68. The van der Waals surface area contributed by atoms with Crippen molar-refractivity contribution < 1.29 is 9.90 Å². The second-order valence-corrected chi connectivity index (χ2v) is 3.60. The normalized spacial score (nSPS) is 10.5. The van der Waals surface area contributed by atoms with E-state index in [4.69, 9.17) is 5.11 Å². The van der Waals surface area contributed by atoms with E-state index >= 15 is 0 Å². The highest BCUT2D eigenvalue weighted by Gasteiger charge is 2.13. The molecular formula is C11H17NO2. The molecule has 3 heteroatoms. The molecule has 0 aliphatic carbocycles. The van der Waals surface area contributed by atoms with E-state index in [1.165, 1.54) is 0 Å². The summed E-state index contributed by atoms with van der Waals surface area (Å²) in [4.78, 5) is 10.8. The van der Waals surface area contributed by atoms with Crippen LogP contribution in [0.1, 0.15) is 41.5 Å². The summed E-state index contributed by atoms with van der Waals surface area (Å²) in [5.74, 6) is -0.833. The standard InChI is InChI=1S/C11H17NO2/c1-4-5-6-12-8(2)7-10(9(12)3)11(13)14/h7H,4-6H2,1-3H3,(H,13,14). The summed E-state index contributed by atoms with van der Waals surface area (Å²) in [6.45, 7) is 6.87. The Morgan fingerprint density at radius 1 is 1.50 bits per heavy atom. The van der Waals surface area contributed by atoms with Crippen LogP contribution >= 0.6 is 0 Å². The number of carboxylic acids is 1. The molecule has 1 N–H and O–H groups in total. The van der Waals surface area contributed by atoms with Gasteiger partial charge in [-0.05, 0) is 26.3 Å². The molecule has 0 aliphatic heterocycles. The maximum atomic E-state index is 10.8. The van der Waals surface area contributed by atoms with E-state index in [9.17, 15) is 4.79 Å². The predicted molar refractivity (Wildman–Crippen MR) is 55.8 cm³/mol. The Labute approximate surface area is 84.4 Å². The Morgan fingerprint density at radius 2 is 2.14 bits per heavy atom. The minimum absolute atomic E-state index is 0.429. The lowest BCUT2D eigenvalue weighted by Gasteiger charge is -2.07. The van der Waals surface area contributed by atoms with Gasteiger partial charge in [0.15, 0.2) is 0 Å². The highest BCUT2D eigenvalue weighted by atomic mass is 16.4. The quantitative estimate of drug-likeness (QED) is 0.802. The van der Waals surface area contributed by atoms with Gasteiger partial charge in [0.05, 0.1) is 5.56 Å². The first-order valence-corrected chi connectivity index (χ1v) is 4.98. The third-order valence-corrected chi connectivity index (χ3v) is 2.54. The van der Waals surface area contributed by atoms with Crippen LogP contribution in [0, 0.1) is 13.8 Å². The van der Waals surface area contributed by atoms with Crippen LogP contribution in [-0.4, -0.2) is 15.6 Å². The summed E-state index contributed by atoms with van der Waals surface area (Å²) in [5, 5.41) is 8.92. The third-order valence-electron chi connectivity index (χ3n) is 2.54. The van der Waals surface area contributed by atoms with Crippen molar-refractivity contribution >= 4 is 5.97 Å². The monoisotopic (exact) mass is 195 g/mol. The number of unbranched alkanes of at least 4 members (excludes halogenated alkanes) is 1. The molecule has 1 heterocycles. The molecule has 78 valence electrons. The molecule has 0 radical (unpaired) electrons. The molecule has 0 saturated heterocycles. The molecule has 0 atom stereocenters. The molecule has 0 bridgehead atoms. The molecule has 1 aromatic rings. The highest BCUT2D eigenvalue weighted by molar-refractivity contribution is 5.89. The van der Waals surface area contributed by atoms with Crippen molar-refractivity contribution in [1.29, 1.82) is 0 Å². The van der Waals surface area contributed by atoms with Crippen LogP contribution in [0.3, 0.4) is 0 Å².